The fourth-order valence-corrected chi connectivity index (χ4v) is 2.60. The summed E-state index contributed by atoms with van der Waals surface area (Å²) in [4.78, 5) is 10.3. The van der Waals surface area contributed by atoms with Crippen molar-refractivity contribution in [1.82, 2.24) is 0 Å². The Hall–Kier alpha value is -1.67. The van der Waals surface area contributed by atoms with Gasteiger partial charge >= 0.3 is 5.97 Å². The van der Waals surface area contributed by atoms with Gasteiger partial charge in [-0.15, -0.1) is 0 Å². The van der Waals surface area contributed by atoms with E-state index in [0.29, 0.717) is 39.5 Å². The first-order valence-corrected chi connectivity index (χ1v) is 10.5. The van der Waals surface area contributed by atoms with Crippen molar-refractivity contribution in [1.29, 1.82) is 0 Å². The van der Waals surface area contributed by atoms with Crippen LogP contribution in [0, 0.1) is 0 Å². The monoisotopic (exact) mass is 411 g/mol. The lowest BCUT2D eigenvalue weighted by Crippen LogP contribution is -2.10. The molecule has 7 heteroatoms. The molecule has 0 bridgehead atoms. The second-order valence-corrected chi connectivity index (χ2v) is 6.96. The smallest absolute Gasteiger partial charge is 0.303 e. The predicted molar refractivity (Wildman–Crippen MR) is 112 cm³/mol. The number of unbranched alkanes of at least 4 members (excludes halogenated alkanes) is 3. The van der Waals surface area contributed by atoms with Gasteiger partial charge in [-0.1, -0.05) is 18.6 Å². The van der Waals surface area contributed by atoms with Crippen LogP contribution < -0.4 is 10.5 Å². The molecule has 3 N–H and O–H groups in total. The molecule has 0 spiro atoms. The van der Waals surface area contributed by atoms with E-state index in [-0.39, 0.29) is 12.5 Å². The highest BCUT2D eigenvalue weighted by molar-refractivity contribution is 5.66. The summed E-state index contributed by atoms with van der Waals surface area (Å²) in [7, 11) is 0. The molecule has 0 saturated carbocycles. The maximum absolute atomic E-state index is 10.3. The van der Waals surface area contributed by atoms with Crippen LogP contribution in [0.2, 0.25) is 0 Å². The van der Waals surface area contributed by atoms with Crippen molar-refractivity contribution in [3.63, 3.8) is 0 Å². The number of ether oxygens (including phenoxy) is 4. The van der Waals surface area contributed by atoms with E-state index in [1.165, 1.54) is 0 Å². The standard InChI is InChI=1S/C22H37NO6/c1-19(23)20-8-6-9-21(18-20)29-13-5-3-2-4-11-26-14-16-28-17-15-27-12-7-10-22(24)25/h6,8-9,18-19H,2-5,7,10-17,23H2,1H3,(H,24,25)/t19-/m1/s1. The number of benzene rings is 1. The quantitative estimate of drug-likeness (QED) is 0.336. The van der Waals surface area contributed by atoms with Gasteiger partial charge in [0.15, 0.2) is 0 Å². The van der Waals surface area contributed by atoms with Crippen molar-refractivity contribution < 1.29 is 28.8 Å². The molecule has 0 unspecified atom stereocenters. The zero-order valence-corrected chi connectivity index (χ0v) is 17.6. The van der Waals surface area contributed by atoms with Crippen molar-refractivity contribution in [2.24, 2.45) is 5.73 Å². The molecular formula is C22H37NO6. The molecule has 7 nitrogen and oxygen atoms in total. The Morgan fingerprint density at radius 2 is 1.48 bits per heavy atom. The van der Waals surface area contributed by atoms with Gasteiger partial charge in [-0.05, 0) is 50.3 Å². The third-order valence-electron chi connectivity index (χ3n) is 4.26. The molecule has 1 aromatic carbocycles. The minimum atomic E-state index is -0.793. The Labute approximate surface area is 174 Å². The molecular weight excluding hydrogens is 374 g/mol. The van der Waals surface area contributed by atoms with Crippen molar-refractivity contribution in [3.05, 3.63) is 29.8 Å². The number of hydrogen-bond donors (Lipinski definition) is 2. The molecule has 0 saturated heterocycles. The number of carboxylic acids is 1. The SMILES string of the molecule is C[C@@H](N)c1cccc(OCCCCCCOCCOCCOCCCC(=O)O)c1. The lowest BCUT2D eigenvalue weighted by molar-refractivity contribution is -0.137. The van der Waals surface area contributed by atoms with Crippen molar-refractivity contribution >= 4 is 5.97 Å². The molecule has 0 amide bonds. The predicted octanol–water partition coefficient (Wildman–Crippen LogP) is 3.56. The Morgan fingerprint density at radius 1 is 0.897 bits per heavy atom. The number of hydrogen-bond acceptors (Lipinski definition) is 6. The van der Waals surface area contributed by atoms with Crippen molar-refractivity contribution in [2.45, 2.75) is 51.5 Å². The summed E-state index contributed by atoms with van der Waals surface area (Å²) in [5.41, 5.74) is 6.97. The van der Waals surface area contributed by atoms with E-state index in [1.54, 1.807) is 0 Å². The summed E-state index contributed by atoms with van der Waals surface area (Å²) in [6, 6.07) is 7.98. The largest absolute Gasteiger partial charge is 0.494 e. The summed E-state index contributed by atoms with van der Waals surface area (Å²) in [5, 5.41) is 8.49. The highest BCUT2D eigenvalue weighted by Crippen LogP contribution is 2.17. The minimum absolute atomic E-state index is 0.0210. The van der Waals surface area contributed by atoms with Crippen LogP contribution in [0.1, 0.15) is 57.1 Å². The first kappa shape index (κ1) is 25.4. The Morgan fingerprint density at radius 3 is 2.10 bits per heavy atom. The second-order valence-electron chi connectivity index (χ2n) is 6.96. The average Bonchev–Trinajstić information content (AvgIpc) is 2.70. The molecule has 0 fully saturated rings. The van der Waals surface area contributed by atoms with Crippen LogP contribution in [0.25, 0.3) is 0 Å². The van der Waals surface area contributed by atoms with E-state index >= 15 is 0 Å². The van der Waals surface area contributed by atoms with Crippen LogP contribution in [0.3, 0.4) is 0 Å². The fraction of sp³-hybridized carbons (Fsp3) is 0.682. The van der Waals surface area contributed by atoms with Crippen molar-refractivity contribution in [3.8, 4) is 5.75 Å². The van der Waals surface area contributed by atoms with Gasteiger partial charge in [-0.3, -0.25) is 4.79 Å². The number of nitrogens with two attached hydrogens (primary N) is 1. The van der Waals surface area contributed by atoms with Gasteiger partial charge in [0.05, 0.1) is 33.0 Å². The van der Waals surface area contributed by atoms with Crippen LogP contribution >= 0.6 is 0 Å². The second kappa shape index (κ2) is 17.2. The van der Waals surface area contributed by atoms with Gasteiger partial charge in [0.25, 0.3) is 0 Å². The van der Waals surface area contributed by atoms with E-state index in [4.69, 9.17) is 29.8 Å². The fourth-order valence-electron chi connectivity index (χ4n) is 2.60. The topological polar surface area (TPSA) is 100 Å². The van der Waals surface area contributed by atoms with E-state index in [9.17, 15) is 4.79 Å². The van der Waals surface area contributed by atoms with Crippen LogP contribution in [-0.4, -0.2) is 57.3 Å². The molecule has 29 heavy (non-hydrogen) atoms. The van der Waals surface area contributed by atoms with Gasteiger partial charge in [-0.2, -0.15) is 0 Å². The molecule has 166 valence electrons. The molecule has 0 heterocycles. The van der Waals surface area contributed by atoms with Gasteiger partial charge < -0.3 is 29.8 Å². The normalized spacial score (nSPS) is 12.1. The van der Waals surface area contributed by atoms with Crippen LogP contribution in [0.4, 0.5) is 0 Å². The minimum Gasteiger partial charge on any atom is -0.494 e. The maximum Gasteiger partial charge on any atom is 0.303 e. The van der Waals surface area contributed by atoms with E-state index in [2.05, 4.69) is 0 Å². The highest BCUT2D eigenvalue weighted by atomic mass is 16.5. The summed E-state index contributed by atoms with van der Waals surface area (Å²) >= 11 is 0. The van der Waals surface area contributed by atoms with Gasteiger partial charge in [0.1, 0.15) is 5.75 Å². The highest BCUT2D eigenvalue weighted by Gasteiger charge is 2.01. The lowest BCUT2D eigenvalue weighted by Gasteiger charge is -2.10. The molecule has 1 rings (SSSR count). The molecule has 0 radical (unpaired) electrons. The van der Waals surface area contributed by atoms with Crippen molar-refractivity contribution in [2.75, 3.05) is 46.2 Å². The third-order valence-corrected chi connectivity index (χ3v) is 4.26. The first-order valence-electron chi connectivity index (χ1n) is 10.5. The number of carbonyl (C=O) groups is 1. The average molecular weight is 412 g/mol. The van der Waals surface area contributed by atoms with Gasteiger partial charge in [0, 0.05) is 25.7 Å². The Kier molecular flexibility index (Phi) is 15.1. The van der Waals surface area contributed by atoms with Gasteiger partial charge in [-0.25, -0.2) is 0 Å². The first-order chi connectivity index (χ1) is 14.1. The number of carboxylic acid groups (broad SMARTS) is 1. The zero-order chi connectivity index (χ0) is 21.2. The maximum atomic E-state index is 10.3. The summed E-state index contributed by atoms with van der Waals surface area (Å²) in [5.74, 6) is 0.0902. The Bertz CT molecular complexity index is 538. The van der Waals surface area contributed by atoms with Crippen LogP contribution in [0.5, 0.6) is 5.75 Å². The summed E-state index contributed by atoms with van der Waals surface area (Å²) < 4.78 is 22.0. The Balaban J connectivity index is 1.80. The molecule has 0 aromatic heterocycles. The molecule has 1 atom stereocenters. The molecule has 0 aliphatic carbocycles. The number of aliphatic carboxylic acids is 1. The summed E-state index contributed by atoms with van der Waals surface area (Å²) in [6.07, 6.45) is 4.97. The molecule has 1 aromatic rings. The van der Waals surface area contributed by atoms with Crippen LogP contribution in [0.15, 0.2) is 24.3 Å². The number of rotatable bonds is 19. The van der Waals surface area contributed by atoms with E-state index < -0.39 is 5.97 Å². The third kappa shape index (κ3) is 14.9. The summed E-state index contributed by atoms with van der Waals surface area (Å²) in [6.45, 7) is 6.00. The molecule has 0 aliphatic rings. The van der Waals surface area contributed by atoms with Gasteiger partial charge in [0.2, 0.25) is 0 Å². The molecule has 0 aliphatic heterocycles. The van der Waals surface area contributed by atoms with Crippen LogP contribution in [-0.2, 0) is 19.0 Å². The zero-order valence-electron chi connectivity index (χ0n) is 17.6. The lowest BCUT2D eigenvalue weighted by atomic mass is 10.1. The van der Waals surface area contributed by atoms with E-state index in [1.807, 2.05) is 31.2 Å². The van der Waals surface area contributed by atoms with E-state index in [0.717, 1.165) is 50.2 Å².